The van der Waals surface area contributed by atoms with E-state index in [1.54, 1.807) is 32.1 Å². The van der Waals surface area contributed by atoms with Gasteiger partial charge in [0.05, 0.1) is 18.2 Å². The second-order valence-electron chi connectivity index (χ2n) is 15.4. The maximum Gasteiger partial charge on any atom is 0.408 e. The number of rotatable bonds is 15. The van der Waals surface area contributed by atoms with Crippen molar-refractivity contribution in [2.75, 3.05) is 6.54 Å². The normalized spacial score (nSPS) is 22.1. The van der Waals surface area contributed by atoms with E-state index in [2.05, 4.69) is 24.5 Å². The number of amides is 3. The Balaban J connectivity index is 1.27. The minimum Gasteiger partial charge on any atom is -0.488 e. The second kappa shape index (κ2) is 16.6. The summed E-state index contributed by atoms with van der Waals surface area (Å²) in [6, 6.07) is 0.130. The van der Waals surface area contributed by atoms with Crippen LogP contribution in [0.15, 0.2) is 23.6 Å². The van der Waals surface area contributed by atoms with Gasteiger partial charge in [0.15, 0.2) is 0 Å². The molecule has 5 atom stereocenters. The summed E-state index contributed by atoms with van der Waals surface area (Å²) < 4.78 is 12.1. The van der Waals surface area contributed by atoms with Gasteiger partial charge in [0.25, 0.3) is 0 Å². The number of hydrogen-bond acceptors (Lipinski definition) is 9. The van der Waals surface area contributed by atoms with Crippen molar-refractivity contribution in [2.24, 2.45) is 17.6 Å². The van der Waals surface area contributed by atoms with E-state index >= 15 is 0 Å². The number of pyridine rings is 1. The Labute approximate surface area is 304 Å². The predicted octanol–water partition coefficient (Wildman–Crippen LogP) is 6.16. The Kier molecular flexibility index (Phi) is 12.4. The van der Waals surface area contributed by atoms with Gasteiger partial charge >= 0.3 is 12.1 Å². The van der Waals surface area contributed by atoms with E-state index in [1.807, 2.05) is 18.2 Å². The standard InChI is InChI=1S/C38H53N5O7S/c1-22(2)30-21-51-34(41-30)29-19-32(25-14-11-12-15-27(25)40-29)49-24-18-31(33(39)44)43(20-24)35(45)28(42-37(48)50-38(3,4)5)16-10-8-6-7-9-13-23-17-26(23)36(46)47/h9,13,19,21-24,26,28,31H,6-8,10-12,14-18,20H2,1-5H3,(H2,39,44)(H,42,48)(H,46,47)/b13-9-/t23-,24-,26+,28+,31+/m1/s1. The number of aryl methyl sites for hydroxylation is 1. The fourth-order valence-electron chi connectivity index (χ4n) is 6.80. The maximum absolute atomic E-state index is 14.1. The van der Waals surface area contributed by atoms with Crippen LogP contribution in [0.25, 0.3) is 10.7 Å². The van der Waals surface area contributed by atoms with Crippen molar-refractivity contribution in [1.82, 2.24) is 20.2 Å². The molecule has 3 amide bonds. The lowest BCUT2D eigenvalue weighted by atomic mass is 9.95. The fraction of sp³-hybridized carbons (Fsp3) is 0.632. The van der Waals surface area contributed by atoms with Crippen LogP contribution < -0.4 is 15.8 Å². The van der Waals surface area contributed by atoms with Crippen molar-refractivity contribution in [2.45, 2.75) is 135 Å². The van der Waals surface area contributed by atoms with Crippen molar-refractivity contribution in [3.05, 3.63) is 40.5 Å². The van der Waals surface area contributed by atoms with Crippen molar-refractivity contribution in [3.8, 4) is 16.5 Å². The Hall–Kier alpha value is -4.00. The molecule has 0 radical (unpaired) electrons. The van der Waals surface area contributed by atoms with E-state index < -0.39 is 47.7 Å². The number of allylic oxidation sites excluding steroid dienone is 2. The Morgan fingerprint density at radius 2 is 1.88 bits per heavy atom. The average molecular weight is 724 g/mol. The highest BCUT2D eigenvalue weighted by atomic mass is 32.1. The molecule has 1 saturated carbocycles. The lowest BCUT2D eigenvalue weighted by Crippen LogP contribution is -2.53. The number of fused-ring (bicyclic) bond motifs is 1. The number of alkyl carbamates (subject to hydrolysis) is 1. The highest BCUT2D eigenvalue weighted by Crippen LogP contribution is 2.40. The Morgan fingerprint density at radius 1 is 1.12 bits per heavy atom. The third-order valence-electron chi connectivity index (χ3n) is 9.65. The van der Waals surface area contributed by atoms with Crippen molar-refractivity contribution < 1.29 is 33.8 Å². The Bertz CT molecular complexity index is 1620. The summed E-state index contributed by atoms with van der Waals surface area (Å²) in [4.78, 5) is 62.1. The number of hydrogen-bond donors (Lipinski definition) is 3. The molecule has 278 valence electrons. The molecule has 4 N–H and O–H groups in total. The van der Waals surface area contributed by atoms with Crippen LogP contribution in [-0.2, 0) is 32.0 Å². The molecule has 2 aliphatic carbocycles. The number of likely N-dealkylation sites (tertiary alicyclic amines) is 1. The van der Waals surface area contributed by atoms with E-state index in [-0.39, 0.29) is 24.8 Å². The number of ether oxygens (including phenoxy) is 2. The van der Waals surface area contributed by atoms with Crippen LogP contribution in [0.4, 0.5) is 4.79 Å². The van der Waals surface area contributed by atoms with Crippen LogP contribution in [-0.4, -0.2) is 74.2 Å². The molecule has 3 aliphatic rings. The van der Waals surface area contributed by atoms with Crippen LogP contribution in [0.2, 0.25) is 0 Å². The summed E-state index contributed by atoms with van der Waals surface area (Å²) in [6.45, 7) is 9.62. The van der Waals surface area contributed by atoms with Crippen LogP contribution >= 0.6 is 11.3 Å². The van der Waals surface area contributed by atoms with Crippen LogP contribution in [0, 0.1) is 11.8 Å². The number of carboxylic acid groups (broad SMARTS) is 1. The summed E-state index contributed by atoms with van der Waals surface area (Å²) in [7, 11) is 0. The largest absolute Gasteiger partial charge is 0.488 e. The number of primary amides is 1. The predicted molar refractivity (Wildman–Crippen MR) is 194 cm³/mol. The maximum atomic E-state index is 14.1. The zero-order valence-corrected chi connectivity index (χ0v) is 31.3. The number of unbranched alkanes of at least 4 members (excludes halogenated alkanes) is 3. The average Bonchev–Trinajstić information content (AvgIpc) is 3.44. The van der Waals surface area contributed by atoms with Gasteiger partial charge in [0, 0.05) is 29.1 Å². The molecule has 2 fully saturated rings. The lowest BCUT2D eigenvalue weighted by Gasteiger charge is -2.29. The number of carbonyl (C=O) groups excluding carboxylic acids is 3. The third kappa shape index (κ3) is 10.3. The highest BCUT2D eigenvalue weighted by molar-refractivity contribution is 7.13. The molecule has 3 heterocycles. The molecule has 0 aromatic carbocycles. The number of nitrogens with one attached hydrogen (secondary N) is 1. The van der Waals surface area contributed by atoms with Crippen LogP contribution in [0.1, 0.15) is 115 Å². The lowest BCUT2D eigenvalue weighted by molar-refractivity contribution is -0.139. The van der Waals surface area contributed by atoms with Gasteiger partial charge in [0.2, 0.25) is 11.8 Å². The first-order valence-electron chi connectivity index (χ1n) is 18.3. The molecule has 13 heteroatoms. The summed E-state index contributed by atoms with van der Waals surface area (Å²) in [6.07, 6.45) is 11.0. The molecular weight excluding hydrogens is 671 g/mol. The minimum atomic E-state index is -0.917. The van der Waals surface area contributed by atoms with Gasteiger partial charge in [-0.15, -0.1) is 11.3 Å². The molecule has 0 spiro atoms. The van der Waals surface area contributed by atoms with Crippen LogP contribution in [0.3, 0.4) is 0 Å². The number of carbonyl (C=O) groups is 4. The zero-order valence-electron chi connectivity index (χ0n) is 30.5. The van der Waals surface area contributed by atoms with E-state index in [9.17, 15) is 19.2 Å². The molecule has 5 rings (SSSR count). The molecule has 51 heavy (non-hydrogen) atoms. The first-order valence-corrected chi connectivity index (χ1v) is 19.2. The number of aromatic nitrogens is 2. The van der Waals surface area contributed by atoms with E-state index in [0.717, 1.165) is 72.6 Å². The quantitative estimate of drug-likeness (QED) is 0.144. The number of carboxylic acids is 1. The fourth-order valence-corrected chi connectivity index (χ4v) is 7.74. The van der Waals surface area contributed by atoms with Gasteiger partial charge in [-0.1, -0.05) is 38.8 Å². The molecule has 0 bridgehead atoms. The molecule has 0 unspecified atom stereocenters. The first kappa shape index (κ1) is 38.2. The van der Waals surface area contributed by atoms with Gasteiger partial charge in [-0.05, 0) is 84.0 Å². The van der Waals surface area contributed by atoms with E-state index in [0.29, 0.717) is 30.9 Å². The summed E-state index contributed by atoms with van der Waals surface area (Å²) in [5.74, 6) is -0.906. The van der Waals surface area contributed by atoms with Gasteiger partial charge in [-0.3, -0.25) is 14.4 Å². The first-order chi connectivity index (χ1) is 24.2. The van der Waals surface area contributed by atoms with Crippen molar-refractivity contribution in [3.63, 3.8) is 0 Å². The SMILES string of the molecule is CC(C)c1csc(-c2cc(O[C@@H]3C[C@@H](C(N)=O)N(C(=O)[C@H](CCCCC/C=C\[C@@H]4C[C@@H]4C(=O)O)NC(=O)OC(C)(C)C)C3)c3c(n2)CCCC3)n1. The molecule has 2 aromatic heterocycles. The molecule has 1 aliphatic heterocycles. The minimum absolute atomic E-state index is 0.121. The summed E-state index contributed by atoms with van der Waals surface area (Å²) >= 11 is 1.56. The van der Waals surface area contributed by atoms with E-state index in [4.69, 9.17) is 30.3 Å². The van der Waals surface area contributed by atoms with Crippen molar-refractivity contribution in [1.29, 1.82) is 0 Å². The highest BCUT2D eigenvalue weighted by Gasteiger charge is 2.43. The smallest absolute Gasteiger partial charge is 0.408 e. The Morgan fingerprint density at radius 3 is 2.55 bits per heavy atom. The van der Waals surface area contributed by atoms with Gasteiger partial charge in [-0.2, -0.15) is 0 Å². The summed E-state index contributed by atoms with van der Waals surface area (Å²) in [5.41, 5.74) is 8.94. The second-order valence-corrected chi connectivity index (χ2v) is 16.2. The molecule has 12 nitrogen and oxygen atoms in total. The van der Waals surface area contributed by atoms with E-state index in [1.165, 1.54) is 4.90 Å². The third-order valence-corrected chi connectivity index (χ3v) is 10.5. The molecule has 2 aromatic rings. The number of aliphatic carboxylic acids is 1. The van der Waals surface area contributed by atoms with Gasteiger partial charge < -0.3 is 30.5 Å². The number of nitrogens with zero attached hydrogens (tertiary/aromatic N) is 3. The molecular formula is C38H53N5O7S. The number of nitrogens with two attached hydrogens (primary N) is 1. The van der Waals surface area contributed by atoms with Crippen LogP contribution in [0.5, 0.6) is 5.75 Å². The number of thiazole rings is 1. The van der Waals surface area contributed by atoms with Gasteiger partial charge in [0.1, 0.15) is 40.2 Å². The topological polar surface area (TPSA) is 174 Å². The molecule has 1 saturated heterocycles. The zero-order chi connectivity index (χ0) is 36.9. The monoisotopic (exact) mass is 723 g/mol. The van der Waals surface area contributed by atoms with Gasteiger partial charge in [-0.25, -0.2) is 14.8 Å². The van der Waals surface area contributed by atoms with Crippen molar-refractivity contribution >= 4 is 35.2 Å². The summed E-state index contributed by atoms with van der Waals surface area (Å²) in [5, 5.41) is 14.7.